The van der Waals surface area contributed by atoms with E-state index >= 15 is 0 Å². The minimum Gasteiger partial charge on any atom is -0.372 e. The van der Waals surface area contributed by atoms with Crippen LogP contribution < -0.4 is 15.6 Å². The molecule has 0 aliphatic heterocycles. The van der Waals surface area contributed by atoms with Gasteiger partial charge in [-0.2, -0.15) is 0 Å². The van der Waals surface area contributed by atoms with E-state index in [1.807, 2.05) is 25.9 Å². The number of anilines is 1. The minimum atomic E-state index is 0.0290. The minimum absolute atomic E-state index is 0.0290. The normalized spacial score (nSPS) is 10.7. The number of hydrogen-bond donors (Lipinski definition) is 1. The number of nitrogens with one attached hydrogen (secondary N) is 1. The summed E-state index contributed by atoms with van der Waals surface area (Å²) in [5.74, 6) is 0. The van der Waals surface area contributed by atoms with Gasteiger partial charge in [0, 0.05) is 25.7 Å². The third-order valence-corrected chi connectivity index (χ3v) is 2.57. The topological polar surface area (TPSA) is 32.3 Å². The van der Waals surface area contributed by atoms with E-state index in [9.17, 15) is 4.79 Å². The smallest absolute Gasteiger partial charge is 0.203 e. The molecule has 0 atom stereocenters. The third kappa shape index (κ3) is 1.78. The highest BCUT2D eigenvalue weighted by molar-refractivity contribution is 7.71. The molecule has 0 spiro atoms. The molecule has 1 aromatic carbocycles. The van der Waals surface area contributed by atoms with Crippen LogP contribution in [0, 0.1) is 11.4 Å². The summed E-state index contributed by atoms with van der Waals surface area (Å²) in [5, 5.41) is 3.05. The molecule has 0 saturated heterocycles. The molecule has 0 heterocycles. The van der Waals surface area contributed by atoms with Gasteiger partial charge in [-0.15, -0.1) is 0 Å². The maximum atomic E-state index is 11.1. The van der Waals surface area contributed by atoms with Crippen molar-refractivity contribution >= 4 is 17.9 Å². The molecular formula is C9H14N2OS. The molecule has 0 fully saturated rings. The van der Waals surface area contributed by atoms with Gasteiger partial charge in [0.25, 0.3) is 0 Å². The highest BCUT2D eigenvalue weighted by Crippen LogP contribution is 2.19. The zero-order valence-electron chi connectivity index (χ0n) is 8.18. The van der Waals surface area contributed by atoms with Gasteiger partial charge in [0.2, 0.25) is 5.43 Å². The van der Waals surface area contributed by atoms with Gasteiger partial charge in [-0.25, -0.2) is 0 Å². The Hall–Kier alpha value is -0.740. The number of hydrogen-bond acceptors (Lipinski definition) is 4. The highest BCUT2D eigenvalue weighted by atomic mass is 32.1. The second-order valence-electron chi connectivity index (χ2n) is 3.16. The van der Waals surface area contributed by atoms with Gasteiger partial charge in [0.1, 0.15) is 4.51 Å². The van der Waals surface area contributed by atoms with Crippen LogP contribution >= 0.6 is 12.2 Å². The predicted molar refractivity (Wildman–Crippen MR) is 57.9 cm³/mol. The fourth-order valence-corrected chi connectivity index (χ4v) is 1.81. The van der Waals surface area contributed by atoms with Crippen LogP contribution in [0.25, 0.3) is 0 Å². The zero-order valence-corrected chi connectivity index (χ0v) is 8.99. The lowest BCUT2D eigenvalue weighted by molar-refractivity contribution is 0.763. The first-order valence-corrected chi connectivity index (χ1v) is 4.66. The molecule has 0 bridgehead atoms. The van der Waals surface area contributed by atoms with Gasteiger partial charge in [-0.1, -0.05) is 12.2 Å². The van der Waals surface area contributed by atoms with Gasteiger partial charge in [-0.05, 0) is 14.0 Å². The van der Waals surface area contributed by atoms with Gasteiger partial charge in [0.15, 0.2) is 0 Å². The molecule has 3 nitrogen and oxygen atoms in total. The van der Waals surface area contributed by atoms with E-state index in [2.05, 4.69) is 5.32 Å². The van der Waals surface area contributed by atoms with Gasteiger partial charge in [0.05, 0.1) is 5.69 Å². The van der Waals surface area contributed by atoms with Crippen molar-refractivity contribution in [1.29, 1.82) is 0 Å². The van der Waals surface area contributed by atoms with Crippen LogP contribution in [0.3, 0.4) is 0 Å². The van der Waals surface area contributed by atoms with Crippen molar-refractivity contribution in [3.8, 4) is 0 Å². The molecule has 1 N–H and O–H groups in total. The average Bonchev–Trinajstić information content (AvgIpc) is 2.14. The molecular weight excluding hydrogens is 184 g/mol. The van der Waals surface area contributed by atoms with E-state index in [0.717, 1.165) is 24.3 Å². The van der Waals surface area contributed by atoms with Crippen molar-refractivity contribution in [1.82, 2.24) is 5.32 Å². The Bertz CT molecular complexity index is 365. The molecule has 4 heteroatoms. The van der Waals surface area contributed by atoms with E-state index in [0.29, 0.717) is 4.51 Å². The quantitative estimate of drug-likeness (QED) is 0.719. The Morgan fingerprint density at radius 3 is 2.62 bits per heavy atom. The van der Waals surface area contributed by atoms with E-state index < -0.39 is 0 Å². The first-order valence-electron chi connectivity index (χ1n) is 4.25. The lowest BCUT2D eigenvalue weighted by atomic mass is 10.1. The van der Waals surface area contributed by atoms with E-state index in [4.69, 9.17) is 12.2 Å². The number of likely N-dealkylation sites (N-methyl/N-ethyl adjacent to an activating group) is 2. The second-order valence-corrected chi connectivity index (χ2v) is 3.57. The van der Waals surface area contributed by atoms with Crippen LogP contribution in [0.15, 0.2) is 4.79 Å². The first-order chi connectivity index (χ1) is 6.09. The lowest BCUT2D eigenvalue weighted by Gasteiger charge is -2.22. The van der Waals surface area contributed by atoms with E-state index in [1.54, 1.807) is 0 Å². The van der Waals surface area contributed by atoms with Crippen molar-refractivity contribution in [2.24, 2.45) is 0 Å². The van der Waals surface area contributed by atoms with Gasteiger partial charge in [-0.3, -0.25) is 4.79 Å². The van der Waals surface area contributed by atoms with Gasteiger partial charge < -0.3 is 10.2 Å². The van der Waals surface area contributed by atoms with Crippen molar-refractivity contribution in [3.63, 3.8) is 0 Å². The van der Waals surface area contributed by atoms with Crippen LogP contribution in [0.1, 0.15) is 5.56 Å². The Labute approximate surface area is 83.1 Å². The molecule has 0 aliphatic carbocycles. The Balaban J connectivity index is 2.74. The maximum absolute atomic E-state index is 11.1. The van der Waals surface area contributed by atoms with E-state index in [-0.39, 0.29) is 5.43 Å². The Morgan fingerprint density at radius 1 is 1.54 bits per heavy atom. The maximum Gasteiger partial charge on any atom is 0.203 e. The first kappa shape index (κ1) is 10.3. The highest BCUT2D eigenvalue weighted by Gasteiger charge is 2.16. The van der Waals surface area contributed by atoms with Crippen LogP contribution in [0.5, 0.6) is 0 Å². The molecule has 0 aromatic heterocycles. The summed E-state index contributed by atoms with van der Waals surface area (Å²) in [7, 11) is 3.86. The fraction of sp³-hybridized carbons (Fsp3) is 0.556. The zero-order chi connectivity index (χ0) is 10.0. The third-order valence-electron chi connectivity index (χ3n) is 2.20. The van der Waals surface area contributed by atoms with Crippen molar-refractivity contribution < 1.29 is 0 Å². The van der Waals surface area contributed by atoms with Crippen LogP contribution in [0.4, 0.5) is 5.69 Å². The van der Waals surface area contributed by atoms with Crippen molar-refractivity contribution in [3.05, 3.63) is 20.3 Å². The summed E-state index contributed by atoms with van der Waals surface area (Å²) in [4.78, 5) is 13.1. The second kappa shape index (κ2) is 3.98. The van der Waals surface area contributed by atoms with Crippen molar-refractivity contribution in [2.45, 2.75) is 6.92 Å². The fourth-order valence-electron chi connectivity index (χ4n) is 1.34. The summed E-state index contributed by atoms with van der Waals surface area (Å²) >= 11 is 4.96. The summed E-state index contributed by atoms with van der Waals surface area (Å²) in [6.45, 7) is 3.59. The summed E-state index contributed by atoms with van der Waals surface area (Å²) in [5.41, 5.74) is 1.76. The average molecular weight is 198 g/mol. The number of rotatable bonds is 4. The Morgan fingerprint density at radius 2 is 2.15 bits per heavy atom. The van der Waals surface area contributed by atoms with Crippen LogP contribution in [-0.4, -0.2) is 27.2 Å². The SMILES string of the molecule is CNCCN(C)c1c(C)c(=O)c1=S. The molecule has 0 saturated carbocycles. The van der Waals surface area contributed by atoms with Crippen LogP contribution in [0.2, 0.25) is 0 Å². The summed E-state index contributed by atoms with van der Waals surface area (Å²) in [6.07, 6.45) is 0. The molecule has 0 aliphatic rings. The monoisotopic (exact) mass is 198 g/mol. The summed E-state index contributed by atoms with van der Waals surface area (Å²) in [6, 6.07) is 0. The molecule has 0 amide bonds. The number of nitrogens with zero attached hydrogens (tertiary/aromatic N) is 1. The van der Waals surface area contributed by atoms with Crippen molar-refractivity contribution in [2.75, 3.05) is 32.1 Å². The summed E-state index contributed by atoms with van der Waals surface area (Å²) < 4.78 is 0.483. The van der Waals surface area contributed by atoms with E-state index in [1.165, 1.54) is 0 Å². The van der Waals surface area contributed by atoms with Gasteiger partial charge >= 0.3 is 0 Å². The lowest BCUT2D eigenvalue weighted by Crippen LogP contribution is -2.32. The molecule has 72 valence electrons. The van der Waals surface area contributed by atoms with Crippen LogP contribution in [-0.2, 0) is 0 Å². The standard InChI is InChI=1S/C9H14N2OS/c1-6-7(9(13)8(6)12)11(3)5-4-10-2/h10H,4-5H2,1-3H3. The molecule has 13 heavy (non-hydrogen) atoms. The Kier molecular flexibility index (Phi) is 3.17. The largest absolute Gasteiger partial charge is 0.372 e. The molecule has 1 aromatic rings. The predicted octanol–water partition coefficient (Wildman–Crippen LogP) is 0.616. The molecule has 0 radical (unpaired) electrons. The molecule has 1 rings (SSSR count). The molecule has 0 unspecified atom stereocenters.